The Labute approximate surface area is 266 Å². The summed E-state index contributed by atoms with van der Waals surface area (Å²) in [4.78, 5) is 43.7. The average molecular weight is 628 g/mol. The van der Waals surface area contributed by atoms with Crippen LogP contribution < -0.4 is 10.3 Å². The van der Waals surface area contributed by atoms with Gasteiger partial charge in [0.15, 0.2) is 0 Å². The Morgan fingerprint density at radius 3 is 2.40 bits per heavy atom. The molecular formula is C34H49N3O8. The van der Waals surface area contributed by atoms with E-state index in [9.17, 15) is 19.5 Å². The van der Waals surface area contributed by atoms with E-state index in [1.165, 1.54) is 15.5 Å². The fraction of sp³-hybridized carbons (Fsp3) is 0.618. The van der Waals surface area contributed by atoms with Crippen LogP contribution in [-0.4, -0.2) is 90.2 Å². The highest BCUT2D eigenvalue weighted by Gasteiger charge is 2.51. The van der Waals surface area contributed by atoms with Crippen molar-refractivity contribution in [2.45, 2.75) is 76.7 Å². The Hall–Kier alpha value is -3.41. The number of rotatable bonds is 13. The van der Waals surface area contributed by atoms with E-state index in [0.717, 1.165) is 36.8 Å². The molecule has 2 fully saturated rings. The van der Waals surface area contributed by atoms with E-state index in [1.807, 2.05) is 17.0 Å². The molecule has 1 saturated carbocycles. The Morgan fingerprint density at radius 2 is 1.76 bits per heavy atom. The first-order valence-corrected chi connectivity index (χ1v) is 15.8. The Balaban J connectivity index is 1.67. The lowest BCUT2D eigenvalue weighted by Gasteiger charge is -2.45. The molecule has 2 aliphatic rings. The normalized spacial score (nSPS) is 20.2. The summed E-state index contributed by atoms with van der Waals surface area (Å²) in [5.41, 5.74) is -0.287. The molecule has 2 aromatic rings. The van der Waals surface area contributed by atoms with Gasteiger partial charge in [0.25, 0.3) is 5.56 Å². The summed E-state index contributed by atoms with van der Waals surface area (Å²) in [6.07, 6.45) is 4.47. The molecule has 45 heavy (non-hydrogen) atoms. The quantitative estimate of drug-likeness (QED) is 0.335. The molecule has 1 aromatic carbocycles. The number of aliphatic hydroxyl groups is 1. The van der Waals surface area contributed by atoms with Gasteiger partial charge in [0, 0.05) is 65.8 Å². The van der Waals surface area contributed by atoms with Crippen LogP contribution in [0, 0.1) is 5.92 Å². The minimum atomic E-state index is -1.65. The summed E-state index contributed by atoms with van der Waals surface area (Å²) < 4.78 is 23.4. The third kappa shape index (κ3) is 9.08. The number of aryl methyl sites for hydroxylation is 2. The molecule has 2 amide bonds. The van der Waals surface area contributed by atoms with Gasteiger partial charge in [-0.05, 0) is 87.8 Å². The predicted molar refractivity (Wildman–Crippen MR) is 169 cm³/mol. The first kappa shape index (κ1) is 34.5. The van der Waals surface area contributed by atoms with Gasteiger partial charge in [0.05, 0.1) is 12.5 Å². The zero-order chi connectivity index (χ0) is 32.8. The topological polar surface area (TPSA) is 120 Å². The number of likely N-dealkylation sites (tertiary alicyclic amines) is 1. The number of nitrogens with zero attached hydrogens (tertiary/aromatic N) is 3. The van der Waals surface area contributed by atoms with Gasteiger partial charge in [-0.15, -0.1) is 0 Å². The SMILES string of the molecule is COCCCc1cc(CN(C(=O)[C@H]2CN(C(=O)OC(C)(C)C)CC[C@]2(O)c2ccn(C)c(=O)c2)C2CC2)cc(OCCOC)c1. The number of hydrogen-bond acceptors (Lipinski definition) is 8. The molecule has 1 aromatic heterocycles. The molecule has 2 heterocycles. The number of carbonyl (C=O) groups excluding carboxylic acids is 2. The number of benzene rings is 1. The lowest BCUT2D eigenvalue weighted by Crippen LogP contribution is -2.58. The highest BCUT2D eigenvalue weighted by atomic mass is 16.6. The van der Waals surface area contributed by atoms with Crippen LogP contribution in [0.25, 0.3) is 0 Å². The number of ether oxygens (including phenoxy) is 4. The van der Waals surface area contributed by atoms with Crippen molar-refractivity contribution < 1.29 is 33.6 Å². The monoisotopic (exact) mass is 627 g/mol. The maximum Gasteiger partial charge on any atom is 0.410 e. The van der Waals surface area contributed by atoms with E-state index in [1.54, 1.807) is 54.3 Å². The summed E-state index contributed by atoms with van der Waals surface area (Å²) >= 11 is 0. The van der Waals surface area contributed by atoms with Crippen molar-refractivity contribution in [3.63, 3.8) is 0 Å². The van der Waals surface area contributed by atoms with Crippen LogP contribution in [0.2, 0.25) is 0 Å². The molecule has 1 aliphatic carbocycles. The summed E-state index contributed by atoms with van der Waals surface area (Å²) in [5, 5.41) is 12.2. The van der Waals surface area contributed by atoms with Crippen molar-refractivity contribution in [1.29, 1.82) is 0 Å². The van der Waals surface area contributed by atoms with Gasteiger partial charge in [0.1, 0.15) is 23.6 Å². The van der Waals surface area contributed by atoms with E-state index in [2.05, 4.69) is 6.07 Å². The van der Waals surface area contributed by atoms with Crippen molar-refractivity contribution in [3.05, 3.63) is 63.6 Å². The summed E-state index contributed by atoms with van der Waals surface area (Å²) in [6.45, 7) is 7.31. The van der Waals surface area contributed by atoms with Crippen LogP contribution in [0.3, 0.4) is 0 Å². The van der Waals surface area contributed by atoms with Gasteiger partial charge in [-0.2, -0.15) is 0 Å². The highest BCUT2D eigenvalue weighted by Crippen LogP contribution is 2.41. The predicted octanol–water partition coefficient (Wildman–Crippen LogP) is 3.63. The molecule has 1 N–H and O–H groups in total. The second kappa shape index (κ2) is 14.8. The molecule has 248 valence electrons. The van der Waals surface area contributed by atoms with Gasteiger partial charge in [-0.3, -0.25) is 9.59 Å². The van der Waals surface area contributed by atoms with E-state index in [-0.39, 0.29) is 37.0 Å². The number of pyridine rings is 1. The van der Waals surface area contributed by atoms with Crippen LogP contribution in [0.4, 0.5) is 4.79 Å². The fourth-order valence-electron chi connectivity index (χ4n) is 5.76. The van der Waals surface area contributed by atoms with Crippen molar-refractivity contribution in [2.75, 3.05) is 47.1 Å². The smallest absolute Gasteiger partial charge is 0.410 e. The van der Waals surface area contributed by atoms with Gasteiger partial charge < -0.3 is 38.4 Å². The van der Waals surface area contributed by atoms with Crippen LogP contribution in [0.15, 0.2) is 41.3 Å². The second-order valence-electron chi connectivity index (χ2n) is 13.1. The highest BCUT2D eigenvalue weighted by molar-refractivity contribution is 5.82. The number of amides is 2. The van der Waals surface area contributed by atoms with Crippen LogP contribution >= 0.6 is 0 Å². The summed E-state index contributed by atoms with van der Waals surface area (Å²) in [6, 6.07) is 9.11. The second-order valence-corrected chi connectivity index (χ2v) is 13.1. The van der Waals surface area contributed by atoms with Crippen molar-refractivity contribution in [1.82, 2.24) is 14.4 Å². The standard InChI is InChI=1S/C34H49N3O8/c1-33(2,3)45-32(40)36-14-12-34(41,26-11-13-35(4)30(38)21-26)29(23-36)31(39)37(27-9-10-27)22-25-18-24(8-7-15-42-5)19-28(20-25)44-17-16-43-6/h11,13,18-21,27,29,41H,7-10,12,14-17,22-23H2,1-6H3/t29-,34+/m1/s1. The van der Waals surface area contributed by atoms with Gasteiger partial charge in [-0.1, -0.05) is 6.07 Å². The van der Waals surface area contributed by atoms with E-state index < -0.39 is 23.2 Å². The number of carbonyl (C=O) groups is 2. The van der Waals surface area contributed by atoms with E-state index in [0.29, 0.717) is 37.7 Å². The van der Waals surface area contributed by atoms with Crippen LogP contribution in [0.5, 0.6) is 5.75 Å². The molecule has 2 atom stereocenters. The minimum Gasteiger partial charge on any atom is -0.491 e. The van der Waals surface area contributed by atoms with Gasteiger partial charge >= 0.3 is 6.09 Å². The number of piperidine rings is 1. The molecule has 0 unspecified atom stereocenters. The first-order chi connectivity index (χ1) is 21.3. The molecule has 4 rings (SSSR count). The average Bonchev–Trinajstić information content (AvgIpc) is 3.82. The lowest BCUT2D eigenvalue weighted by atomic mass is 9.75. The molecule has 0 spiro atoms. The zero-order valence-electron chi connectivity index (χ0n) is 27.5. The van der Waals surface area contributed by atoms with Crippen LogP contribution in [0.1, 0.15) is 63.1 Å². The molecule has 0 radical (unpaired) electrons. The summed E-state index contributed by atoms with van der Waals surface area (Å²) in [7, 11) is 4.94. The molecular weight excluding hydrogens is 578 g/mol. The maximum absolute atomic E-state index is 14.6. The molecule has 11 heteroatoms. The number of hydrogen-bond donors (Lipinski definition) is 1. The Kier molecular flexibility index (Phi) is 11.3. The van der Waals surface area contributed by atoms with Crippen LogP contribution in [-0.2, 0) is 44.6 Å². The number of methoxy groups -OCH3 is 2. The van der Waals surface area contributed by atoms with E-state index in [4.69, 9.17) is 18.9 Å². The molecule has 1 aliphatic heterocycles. The Bertz CT molecular complexity index is 1350. The lowest BCUT2D eigenvalue weighted by molar-refractivity contribution is -0.155. The number of aromatic nitrogens is 1. The largest absolute Gasteiger partial charge is 0.491 e. The Morgan fingerprint density at radius 1 is 1.04 bits per heavy atom. The molecule has 1 saturated heterocycles. The van der Waals surface area contributed by atoms with Gasteiger partial charge in [-0.25, -0.2) is 4.79 Å². The molecule has 11 nitrogen and oxygen atoms in total. The van der Waals surface area contributed by atoms with Crippen molar-refractivity contribution in [3.8, 4) is 5.75 Å². The maximum atomic E-state index is 14.6. The zero-order valence-corrected chi connectivity index (χ0v) is 27.5. The van der Waals surface area contributed by atoms with E-state index >= 15 is 0 Å². The first-order valence-electron chi connectivity index (χ1n) is 15.8. The van der Waals surface area contributed by atoms with Crippen molar-refractivity contribution in [2.24, 2.45) is 13.0 Å². The van der Waals surface area contributed by atoms with Crippen molar-refractivity contribution >= 4 is 12.0 Å². The third-order valence-corrected chi connectivity index (χ3v) is 8.32. The molecule has 0 bridgehead atoms. The fourth-order valence-corrected chi connectivity index (χ4v) is 5.76. The summed E-state index contributed by atoms with van der Waals surface area (Å²) in [5.74, 6) is -0.570. The third-order valence-electron chi connectivity index (χ3n) is 8.32. The van der Waals surface area contributed by atoms with Gasteiger partial charge in [0.2, 0.25) is 5.91 Å². The minimum absolute atomic E-state index is 0.0114.